The number of carbonyl (C=O) groups is 1. The van der Waals surface area contributed by atoms with Gasteiger partial charge in [-0.3, -0.25) is 9.69 Å². The van der Waals surface area contributed by atoms with Crippen LogP contribution in [0, 0.1) is 12.8 Å². The van der Waals surface area contributed by atoms with E-state index in [2.05, 4.69) is 32.1 Å². The van der Waals surface area contributed by atoms with Gasteiger partial charge in [-0.2, -0.15) is 4.72 Å². The number of piperidine rings is 1. The minimum atomic E-state index is -3.86. The Hall–Kier alpha value is -2.33. The zero-order valence-electron chi connectivity index (χ0n) is 19.8. The zero-order chi connectivity index (χ0) is 24.3. The van der Waals surface area contributed by atoms with Gasteiger partial charge in [0.05, 0.1) is 20.1 Å². The van der Waals surface area contributed by atoms with Crippen molar-refractivity contribution in [3.63, 3.8) is 0 Å². The van der Waals surface area contributed by atoms with E-state index < -0.39 is 16.1 Å². The van der Waals surface area contributed by atoms with Crippen molar-refractivity contribution in [2.75, 3.05) is 13.1 Å². The summed E-state index contributed by atoms with van der Waals surface area (Å²) in [6.07, 6.45) is 1.69. The summed E-state index contributed by atoms with van der Waals surface area (Å²) in [4.78, 5) is 20.0. The quantitative estimate of drug-likeness (QED) is 0.492. The van der Waals surface area contributed by atoms with Crippen molar-refractivity contribution in [1.82, 2.24) is 19.9 Å². The number of fused-ring (bicyclic) bond motifs is 1. The number of hydrogen-bond acceptors (Lipinski definition) is 6. The Morgan fingerprint density at radius 3 is 2.53 bits per heavy atom. The van der Waals surface area contributed by atoms with Crippen molar-refractivity contribution in [2.24, 2.45) is 5.92 Å². The van der Waals surface area contributed by atoms with Crippen molar-refractivity contribution in [3.05, 3.63) is 59.1 Å². The smallest absolute Gasteiger partial charge is 0.241 e. The fraction of sp³-hybridized carbons (Fsp3) is 0.440. The fourth-order valence-corrected chi connectivity index (χ4v) is 6.59. The molecule has 0 saturated carbocycles. The highest BCUT2D eigenvalue weighted by molar-refractivity contribution is 7.89. The molecule has 2 aromatic carbocycles. The van der Waals surface area contributed by atoms with Gasteiger partial charge in [0.1, 0.15) is 6.04 Å². The van der Waals surface area contributed by atoms with Gasteiger partial charge in [-0.05, 0) is 49.4 Å². The number of likely N-dealkylation sites (tertiary alicyclic amines) is 1. The van der Waals surface area contributed by atoms with E-state index in [1.165, 1.54) is 16.9 Å². The molecule has 1 fully saturated rings. The standard InChI is InChI=1S/C25H32N4O3S2/c1-17(2)24(28-34(31,32)21-9-10-22-23(15-21)33-18(3)26-22)25(30)27-20-11-13-29(14-12-20)16-19-7-5-4-6-8-19/h4-10,15,17,20,24,28H,11-14,16H2,1-3H3,(H,27,30)/t24-/m0/s1. The van der Waals surface area contributed by atoms with Crippen LogP contribution in [0.3, 0.4) is 0 Å². The minimum absolute atomic E-state index is 0.0433. The van der Waals surface area contributed by atoms with Crippen LogP contribution in [0.5, 0.6) is 0 Å². The molecule has 1 atom stereocenters. The van der Waals surface area contributed by atoms with Crippen LogP contribution < -0.4 is 10.0 Å². The number of nitrogens with one attached hydrogen (secondary N) is 2. The molecule has 0 bridgehead atoms. The molecule has 0 spiro atoms. The van der Waals surface area contributed by atoms with Crippen molar-refractivity contribution in [1.29, 1.82) is 0 Å². The third-order valence-corrected chi connectivity index (χ3v) is 8.56. The van der Waals surface area contributed by atoms with E-state index in [0.29, 0.717) is 0 Å². The van der Waals surface area contributed by atoms with E-state index in [4.69, 9.17) is 0 Å². The molecule has 1 aromatic heterocycles. The van der Waals surface area contributed by atoms with Crippen LogP contribution in [-0.4, -0.2) is 49.4 Å². The first-order valence-corrected chi connectivity index (χ1v) is 14.0. The molecule has 1 aliphatic rings. The molecule has 9 heteroatoms. The number of nitrogens with zero attached hydrogens (tertiary/aromatic N) is 2. The Balaban J connectivity index is 1.36. The molecule has 34 heavy (non-hydrogen) atoms. The predicted molar refractivity (Wildman–Crippen MR) is 136 cm³/mol. The van der Waals surface area contributed by atoms with Gasteiger partial charge in [0.2, 0.25) is 15.9 Å². The van der Waals surface area contributed by atoms with Gasteiger partial charge in [0.25, 0.3) is 0 Å². The molecule has 1 amide bonds. The summed E-state index contributed by atoms with van der Waals surface area (Å²) in [5, 5.41) is 3.97. The zero-order valence-corrected chi connectivity index (χ0v) is 21.5. The summed E-state index contributed by atoms with van der Waals surface area (Å²) in [7, 11) is -3.86. The van der Waals surface area contributed by atoms with Crippen molar-refractivity contribution < 1.29 is 13.2 Å². The first-order chi connectivity index (χ1) is 16.2. The average Bonchev–Trinajstić information content (AvgIpc) is 3.18. The highest BCUT2D eigenvalue weighted by atomic mass is 32.2. The van der Waals surface area contributed by atoms with E-state index in [1.54, 1.807) is 18.2 Å². The van der Waals surface area contributed by atoms with E-state index in [1.807, 2.05) is 39.0 Å². The Morgan fingerprint density at radius 1 is 1.15 bits per heavy atom. The minimum Gasteiger partial charge on any atom is -0.352 e. The second-order valence-electron chi connectivity index (χ2n) is 9.25. The van der Waals surface area contributed by atoms with Gasteiger partial charge in [-0.1, -0.05) is 44.2 Å². The summed E-state index contributed by atoms with van der Waals surface area (Å²) in [6, 6.07) is 14.4. The van der Waals surface area contributed by atoms with Crippen LogP contribution in [0.25, 0.3) is 10.2 Å². The monoisotopic (exact) mass is 500 g/mol. The van der Waals surface area contributed by atoms with Crippen LogP contribution in [-0.2, 0) is 21.4 Å². The van der Waals surface area contributed by atoms with E-state index >= 15 is 0 Å². The Labute approximate surface area is 205 Å². The highest BCUT2D eigenvalue weighted by Crippen LogP contribution is 2.25. The molecule has 0 aliphatic carbocycles. The number of rotatable bonds is 8. The molecule has 2 N–H and O–H groups in total. The number of aromatic nitrogens is 1. The van der Waals surface area contributed by atoms with Gasteiger partial charge < -0.3 is 5.32 Å². The summed E-state index contributed by atoms with van der Waals surface area (Å²) in [5.74, 6) is -0.461. The molecule has 1 saturated heterocycles. The highest BCUT2D eigenvalue weighted by Gasteiger charge is 2.31. The number of sulfonamides is 1. The van der Waals surface area contributed by atoms with Crippen molar-refractivity contribution in [3.8, 4) is 0 Å². The molecule has 0 radical (unpaired) electrons. The van der Waals surface area contributed by atoms with Crippen LogP contribution in [0.4, 0.5) is 0 Å². The molecule has 1 aliphatic heterocycles. The van der Waals surface area contributed by atoms with Gasteiger partial charge >= 0.3 is 0 Å². The van der Waals surface area contributed by atoms with Gasteiger partial charge in [0.15, 0.2) is 0 Å². The first kappa shape index (κ1) is 24.8. The number of hydrogen-bond donors (Lipinski definition) is 2. The lowest BCUT2D eigenvalue weighted by atomic mass is 10.0. The lowest BCUT2D eigenvalue weighted by molar-refractivity contribution is -0.124. The topological polar surface area (TPSA) is 91.4 Å². The third-order valence-electron chi connectivity index (χ3n) is 6.19. The number of benzene rings is 2. The average molecular weight is 501 g/mol. The number of aryl methyl sites for hydroxylation is 1. The number of thiazole rings is 1. The van der Waals surface area contributed by atoms with Crippen LogP contribution in [0.2, 0.25) is 0 Å². The number of amides is 1. The summed E-state index contributed by atoms with van der Waals surface area (Å²) in [6.45, 7) is 8.29. The maximum atomic E-state index is 13.1. The Kier molecular flexibility index (Phi) is 7.67. The molecule has 7 nitrogen and oxygen atoms in total. The first-order valence-electron chi connectivity index (χ1n) is 11.7. The van der Waals surface area contributed by atoms with Gasteiger partial charge in [-0.25, -0.2) is 13.4 Å². The normalized spacial score (nSPS) is 16.7. The van der Waals surface area contributed by atoms with Crippen LogP contribution >= 0.6 is 11.3 Å². The molecule has 3 aromatic rings. The van der Waals surface area contributed by atoms with E-state index in [9.17, 15) is 13.2 Å². The third kappa shape index (κ3) is 6.02. The largest absolute Gasteiger partial charge is 0.352 e. The second-order valence-corrected chi connectivity index (χ2v) is 12.2. The molecular formula is C25H32N4O3S2. The Bertz CT molecular complexity index is 1230. The summed E-state index contributed by atoms with van der Waals surface area (Å²) < 4.78 is 29.7. The number of carbonyl (C=O) groups excluding carboxylic acids is 1. The lowest BCUT2D eigenvalue weighted by Gasteiger charge is -2.33. The molecular weight excluding hydrogens is 468 g/mol. The molecule has 4 rings (SSSR count). The maximum Gasteiger partial charge on any atom is 0.241 e. The lowest BCUT2D eigenvalue weighted by Crippen LogP contribution is -2.53. The maximum absolute atomic E-state index is 13.1. The van der Waals surface area contributed by atoms with Gasteiger partial charge in [0, 0.05) is 25.7 Å². The Morgan fingerprint density at radius 2 is 1.85 bits per heavy atom. The molecule has 2 heterocycles. The summed E-state index contributed by atoms with van der Waals surface area (Å²) in [5.41, 5.74) is 2.06. The SMILES string of the molecule is Cc1nc2ccc(S(=O)(=O)N[C@H](C(=O)NC3CCN(Cc4ccccc4)CC3)C(C)C)cc2s1. The van der Waals surface area contributed by atoms with Gasteiger partial charge in [-0.15, -0.1) is 11.3 Å². The van der Waals surface area contributed by atoms with Crippen molar-refractivity contribution >= 4 is 37.5 Å². The predicted octanol–water partition coefficient (Wildman–Crippen LogP) is 3.69. The second kappa shape index (κ2) is 10.5. The van der Waals surface area contributed by atoms with Crippen LogP contribution in [0.15, 0.2) is 53.4 Å². The van der Waals surface area contributed by atoms with E-state index in [0.717, 1.165) is 47.7 Å². The fourth-order valence-electron chi connectivity index (χ4n) is 4.28. The summed E-state index contributed by atoms with van der Waals surface area (Å²) >= 11 is 1.45. The van der Waals surface area contributed by atoms with Crippen molar-refractivity contribution in [2.45, 2.75) is 57.1 Å². The molecule has 182 valence electrons. The molecule has 0 unspecified atom stereocenters. The van der Waals surface area contributed by atoms with Crippen LogP contribution in [0.1, 0.15) is 37.3 Å². The van der Waals surface area contributed by atoms with E-state index in [-0.39, 0.29) is 22.8 Å².